The second kappa shape index (κ2) is 6.67. The minimum atomic E-state index is -0.268. The zero-order valence-corrected chi connectivity index (χ0v) is 12.5. The number of nitrogens with zero attached hydrogens (tertiary/aromatic N) is 1. The molecular weight excluding hydrogens is 274 g/mol. The fourth-order valence-electron chi connectivity index (χ4n) is 1.78. The minimum absolute atomic E-state index is 0.0577. The Morgan fingerprint density at radius 1 is 1.55 bits per heavy atom. The zero-order chi connectivity index (χ0) is 14.4. The van der Waals surface area contributed by atoms with Gasteiger partial charge in [0.15, 0.2) is 0 Å². The molecule has 0 saturated carbocycles. The SMILES string of the molecule is CCC(C)(NCC(=O)NCc1ccco1)c1nccs1. The van der Waals surface area contributed by atoms with Crippen LogP contribution in [0.4, 0.5) is 0 Å². The molecule has 0 spiro atoms. The largest absolute Gasteiger partial charge is 0.467 e. The van der Waals surface area contributed by atoms with Gasteiger partial charge in [-0.25, -0.2) is 4.98 Å². The third kappa shape index (κ3) is 3.68. The molecule has 0 aliphatic heterocycles. The number of furan rings is 1. The average molecular weight is 293 g/mol. The van der Waals surface area contributed by atoms with Crippen LogP contribution in [-0.2, 0) is 16.9 Å². The molecule has 2 N–H and O–H groups in total. The first-order chi connectivity index (χ1) is 9.64. The van der Waals surface area contributed by atoms with E-state index < -0.39 is 0 Å². The fourth-order valence-corrected chi connectivity index (χ4v) is 2.63. The molecule has 20 heavy (non-hydrogen) atoms. The van der Waals surface area contributed by atoms with Crippen molar-refractivity contribution >= 4 is 17.2 Å². The molecule has 0 fully saturated rings. The number of nitrogens with one attached hydrogen (secondary N) is 2. The molecule has 6 heteroatoms. The van der Waals surface area contributed by atoms with Crippen LogP contribution in [-0.4, -0.2) is 17.4 Å². The first kappa shape index (κ1) is 14.7. The van der Waals surface area contributed by atoms with Gasteiger partial charge in [-0.05, 0) is 25.5 Å². The molecule has 1 unspecified atom stereocenters. The number of thiazole rings is 1. The van der Waals surface area contributed by atoms with Crippen LogP contribution < -0.4 is 10.6 Å². The molecule has 1 amide bonds. The van der Waals surface area contributed by atoms with Gasteiger partial charge in [-0.15, -0.1) is 11.3 Å². The molecule has 108 valence electrons. The zero-order valence-electron chi connectivity index (χ0n) is 11.7. The van der Waals surface area contributed by atoms with E-state index in [4.69, 9.17) is 4.42 Å². The lowest BCUT2D eigenvalue weighted by Crippen LogP contribution is -2.44. The molecule has 2 heterocycles. The van der Waals surface area contributed by atoms with Crippen LogP contribution in [0.1, 0.15) is 31.0 Å². The Hall–Kier alpha value is -1.66. The highest BCUT2D eigenvalue weighted by atomic mass is 32.1. The van der Waals surface area contributed by atoms with E-state index in [1.165, 1.54) is 0 Å². The summed E-state index contributed by atoms with van der Waals surface area (Å²) in [5.41, 5.74) is -0.268. The first-order valence-corrected chi connectivity index (χ1v) is 7.46. The second-order valence-corrected chi connectivity index (χ2v) is 5.63. The Bertz CT molecular complexity index is 525. The maximum absolute atomic E-state index is 11.8. The predicted molar refractivity (Wildman–Crippen MR) is 78.3 cm³/mol. The standard InChI is InChI=1S/C14H19N3O2S/c1-3-14(2,13-15-6-8-20-13)17-10-12(18)16-9-11-5-4-7-19-11/h4-8,17H,3,9-10H2,1-2H3,(H,16,18). The Kier molecular flexibility index (Phi) is 4.92. The van der Waals surface area contributed by atoms with Crippen LogP contribution in [0.2, 0.25) is 0 Å². The highest BCUT2D eigenvalue weighted by molar-refractivity contribution is 7.09. The highest BCUT2D eigenvalue weighted by Crippen LogP contribution is 2.25. The topological polar surface area (TPSA) is 67.2 Å². The van der Waals surface area contributed by atoms with Crippen molar-refractivity contribution in [3.05, 3.63) is 40.7 Å². The number of carbonyl (C=O) groups is 1. The van der Waals surface area contributed by atoms with E-state index in [-0.39, 0.29) is 18.0 Å². The summed E-state index contributed by atoms with van der Waals surface area (Å²) in [6, 6.07) is 3.63. The van der Waals surface area contributed by atoms with E-state index in [0.29, 0.717) is 6.54 Å². The Balaban J connectivity index is 1.82. The van der Waals surface area contributed by atoms with Crippen molar-refractivity contribution in [1.82, 2.24) is 15.6 Å². The van der Waals surface area contributed by atoms with E-state index in [0.717, 1.165) is 17.2 Å². The Morgan fingerprint density at radius 3 is 3.00 bits per heavy atom. The van der Waals surface area contributed by atoms with Gasteiger partial charge >= 0.3 is 0 Å². The summed E-state index contributed by atoms with van der Waals surface area (Å²) in [7, 11) is 0. The molecule has 0 bridgehead atoms. The van der Waals surface area contributed by atoms with Crippen molar-refractivity contribution in [3.8, 4) is 0 Å². The summed E-state index contributed by atoms with van der Waals surface area (Å²) >= 11 is 1.60. The molecule has 2 rings (SSSR count). The van der Waals surface area contributed by atoms with Crippen molar-refractivity contribution in [1.29, 1.82) is 0 Å². The summed E-state index contributed by atoms with van der Waals surface area (Å²) in [6.07, 6.45) is 4.24. The predicted octanol–water partition coefficient (Wildman–Crippen LogP) is 2.27. The van der Waals surface area contributed by atoms with Gasteiger partial charge < -0.3 is 9.73 Å². The van der Waals surface area contributed by atoms with Gasteiger partial charge in [0, 0.05) is 11.6 Å². The molecule has 0 radical (unpaired) electrons. The molecule has 1 atom stereocenters. The van der Waals surface area contributed by atoms with Gasteiger partial charge in [0.25, 0.3) is 0 Å². The summed E-state index contributed by atoms with van der Waals surface area (Å²) in [5.74, 6) is 0.689. The third-order valence-electron chi connectivity index (χ3n) is 3.29. The summed E-state index contributed by atoms with van der Waals surface area (Å²) in [5, 5.41) is 9.04. The molecule has 2 aromatic rings. The lowest BCUT2D eigenvalue weighted by molar-refractivity contribution is -0.120. The smallest absolute Gasteiger partial charge is 0.234 e. The van der Waals surface area contributed by atoms with Gasteiger partial charge in [0.2, 0.25) is 5.91 Å². The van der Waals surface area contributed by atoms with Crippen molar-refractivity contribution in [2.24, 2.45) is 0 Å². The molecule has 0 aromatic carbocycles. The Labute approximate surface area is 122 Å². The highest BCUT2D eigenvalue weighted by Gasteiger charge is 2.27. The van der Waals surface area contributed by atoms with Crippen molar-refractivity contribution in [3.63, 3.8) is 0 Å². The second-order valence-electron chi connectivity index (χ2n) is 4.73. The fraction of sp³-hybridized carbons (Fsp3) is 0.429. The van der Waals surface area contributed by atoms with E-state index in [2.05, 4.69) is 29.5 Å². The number of amides is 1. The first-order valence-electron chi connectivity index (χ1n) is 6.58. The lowest BCUT2D eigenvalue weighted by Gasteiger charge is -2.27. The quantitative estimate of drug-likeness (QED) is 0.822. The van der Waals surface area contributed by atoms with Crippen LogP contribution in [0.3, 0.4) is 0 Å². The Morgan fingerprint density at radius 2 is 2.40 bits per heavy atom. The normalized spacial score (nSPS) is 13.9. The van der Waals surface area contributed by atoms with Gasteiger partial charge in [-0.2, -0.15) is 0 Å². The van der Waals surface area contributed by atoms with Crippen LogP contribution >= 0.6 is 11.3 Å². The van der Waals surface area contributed by atoms with E-state index in [9.17, 15) is 4.79 Å². The summed E-state index contributed by atoms with van der Waals surface area (Å²) < 4.78 is 5.17. The maximum Gasteiger partial charge on any atom is 0.234 e. The van der Waals surface area contributed by atoms with Crippen LogP contribution in [0.15, 0.2) is 34.4 Å². The van der Waals surface area contributed by atoms with Gasteiger partial charge in [0.1, 0.15) is 10.8 Å². The number of hydrogen-bond acceptors (Lipinski definition) is 5. The molecule has 5 nitrogen and oxygen atoms in total. The van der Waals surface area contributed by atoms with Crippen LogP contribution in [0.25, 0.3) is 0 Å². The van der Waals surface area contributed by atoms with Gasteiger partial charge in [-0.1, -0.05) is 6.92 Å². The van der Waals surface area contributed by atoms with E-state index >= 15 is 0 Å². The van der Waals surface area contributed by atoms with E-state index in [1.807, 2.05) is 11.4 Å². The van der Waals surface area contributed by atoms with Gasteiger partial charge in [-0.3, -0.25) is 10.1 Å². The van der Waals surface area contributed by atoms with Crippen molar-refractivity contribution in [2.75, 3.05) is 6.54 Å². The lowest BCUT2D eigenvalue weighted by atomic mass is 10.00. The monoisotopic (exact) mass is 293 g/mol. The minimum Gasteiger partial charge on any atom is -0.467 e. The molecule has 0 saturated heterocycles. The number of hydrogen-bond donors (Lipinski definition) is 2. The van der Waals surface area contributed by atoms with Crippen molar-refractivity contribution in [2.45, 2.75) is 32.4 Å². The number of aromatic nitrogens is 1. The molecule has 0 aliphatic carbocycles. The summed E-state index contributed by atoms with van der Waals surface area (Å²) in [4.78, 5) is 16.2. The maximum atomic E-state index is 11.8. The number of rotatable bonds is 7. The molecule has 0 aliphatic rings. The van der Waals surface area contributed by atoms with Crippen LogP contribution in [0.5, 0.6) is 0 Å². The van der Waals surface area contributed by atoms with Crippen LogP contribution in [0, 0.1) is 0 Å². The number of carbonyl (C=O) groups excluding carboxylic acids is 1. The third-order valence-corrected chi connectivity index (χ3v) is 4.33. The average Bonchev–Trinajstić information content (AvgIpc) is 3.14. The molecule has 2 aromatic heterocycles. The molecular formula is C14H19N3O2S. The van der Waals surface area contributed by atoms with E-state index in [1.54, 1.807) is 29.9 Å². The van der Waals surface area contributed by atoms with Gasteiger partial charge in [0.05, 0.1) is 24.9 Å². The van der Waals surface area contributed by atoms with Crippen molar-refractivity contribution < 1.29 is 9.21 Å². The summed E-state index contributed by atoms with van der Waals surface area (Å²) in [6.45, 7) is 4.80.